The summed E-state index contributed by atoms with van der Waals surface area (Å²) in [6, 6.07) is 13.1. The maximum absolute atomic E-state index is 5.24. The van der Waals surface area contributed by atoms with Gasteiger partial charge in [-0.25, -0.2) is 0 Å². The molecule has 0 N–H and O–H groups in total. The van der Waals surface area contributed by atoms with Crippen molar-refractivity contribution in [1.82, 2.24) is 8.53 Å². The van der Waals surface area contributed by atoms with Crippen LogP contribution >= 0.6 is 0 Å². The number of rotatable bonds is 4. The minimum atomic E-state index is -3.16. The van der Waals surface area contributed by atoms with E-state index in [-0.39, 0.29) is 0 Å². The number of hydrogen-bond acceptors (Lipinski definition) is 4. The summed E-state index contributed by atoms with van der Waals surface area (Å²) in [4.78, 5) is 5.24. The number of benzene rings is 2. The first-order chi connectivity index (χ1) is 12.4. The molecule has 5 heteroatoms. The van der Waals surface area contributed by atoms with E-state index >= 15 is 0 Å². The molecule has 0 atom stereocenters. The molecule has 0 unspecified atom stereocenters. The summed E-state index contributed by atoms with van der Waals surface area (Å²) in [5, 5.41) is 5.16. The zero-order valence-electron chi connectivity index (χ0n) is 16.4. The quantitative estimate of drug-likeness (QED) is 0.633. The first-order valence-electron chi connectivity index (χ1n) is 8.94. The molecule has 0 radical (unpaired) electrons. The van der Waals surface area contributed by atoms with E-state index in [1.165, 1.54) is 29.9 Å². The zero-order valence-corrected chi connectivity index (χ0v) is 18.9. The van der Waals surface area contributed by atoms with Crippen LogP contribution in [0.1, 0.15) is 5.56 Å². The summed E-state index contributed by atoms with van der Waals surface area (Å²) in [6.07, 6.45) is 4.62. The Labute approximate surface area is 160 Å². The molecule has 2 aliphatic rings. The first-order valence-corrected chi connectivity index (χ1v) is 13.5. The van der Waals surface area contributed by atoms with Crippen LogP contribution in [0, 0.1) is 10.4 Å². The van der Waals surface area contributed by atoms with Crippen LogP contribution in [-0.4, -0.2) is 54.2 Å². The Hall–Kier alpha value is -1.39. The maximum atomic E-state index is 5.24. The summed E-state index contributed by atoms with van der Waals surface area (Å²) < 4.78 is 8.53. The number of hydrogen-bond donors (Lipinski definition) is 0. The molecule has 1 aliphatic carbocycles. The van der Waals surface area contributed by atoms with Crippen LogP contribution in [0.15, 0.2) is 41.4 Å². The van der Waals surface area contributed by atoms with Gasteiger partial charge in [0, 0.05) is 0 Å². The van der Waals surface area contributed by atoms with Gasteiger partial charge in [-0.15, -0.1) is 0 Å². The van der Waals surface area contributed by atoms with Gasteiger partial charge in [-0.05, 0) is 0 Å². The van der Waals surface area contributed by atoms with Gasteiger partial charge in [0.25, 0.3) is 0 Å². The minimum absolute atomic E-state index is 1.14. The molecule has 1 heterocycles. The third kappa shape index (κ3) is 2.38. The Morgan fingerprint density at radius 3 is 2.00 bits per heavy atom. The number of fused-ring (bicyclic) bond motifs is 4. The van der Waals surface area contributed by atoms with Crippen molar-refractivity contribution in [2.24, 2.45) is 4.99 Å². The van der Waals surface area contributed by atoms with Gasteiger partial charge in [-0.2, -0.15) is 0 Å². The van der Waals surface area contributed by atoms with E-state index < -0.39 is 21.1 Å². The van der Waals surface area contributed by atoms with Crippen molar-refractivity contribution in [2.75, 3.05) is 42.3 Å². The zero-order chi connectivity index (χ0) is 18.6. The van der Waals surface area contributed by atoms with Crippen LogP contribution in [-0.2, 0) is 21.1 Å². The fourth-order valence-corrected chi connectivity index (χ4v) is 15.4. The van der Waals surface area contributed by atoms with Gasteiger partial charge in [-0.3, -0.25) is 0 Å². The van der Waals surface area contributed by atoms with Crippen molar-refractivity contribution in [1.29, 1.82) is 0 Å². The Bertz CT molecular complexity index is 1110. The molecule has 2 aromatic carbocycles. The molecular weight excluding hydrogens is 399 g/mol. The fourth-order valence-electron chi connectivity index (χ4n) is 4.63. The second-order valence-corrected chi connectivity index (χ2v) is 18.6. The molecule has 134 valence electrons. The molecule has 0 bridgehead atoms. The van der Waals surface area contributed by atoms with Gasteiger partial charge >= 0.3 is 161 Å². The monoisotopic (exact) mass is 424 g/mol. The predicted molar refractivity (Wildman–Crippen MR) is 106 cm³/mol. The summed E-state index contributed by atoms with van der Waals surface area (Å²) in [7, 11) is 13.2. The van der Waals surface area contributed by atoms with Crippen LogP contribution in [0.5, 0.6) is 0 Å². The molecule has 4 rings (SSSR count). The Kier molecular flexibility index (Phi) is 4.39. The van der Waals surface area contributed by atoms with Crippen molar-refractivity contribution in [3.05, 3.63) is 62.8 Å². The topological polar surface area (TPSA) is 22.1 Å². The Morgan fingerprint density at radius 1 is 0.692 bits per heavy atom. The van der Waals surface area contributed by atoms with Gasteiger partial charge in [-0.1, -0.05) is 0 Å². The summed E-state index contributed by atoms with van der Waals surface area (Å²) in [5.74, 6) is 0. The first kappa shape index (κ1) is 18.0. The molecule has 0 saturated heterocycles. The van der Waals surface area contributed by atoms with Gasteiger partial charge < -0.3 is 0 Å². The van der Waals surface area contributed by atoms with Gasteiger partial charge in [0.1, 0.15) is 0 Å². The van der Waals surface area contributed by atoms with Crippen LogP contribution in [0.2, 0.25) is 0 Å². The van der Waals surface area contributed by atoms with E-state index in [9.17, 15) is 0 Å². The van der Waals surface area contributed by atoms with E-state index in [4.69, 9.17) is 4.99 Å². The van der Waals surface area contributed by atoms with Crippen molar-refractivity contribution in [3.8, 4) is 0 Å². The molecule has 0 spiro atoms. The Morgan fingerprint density at radius 2 is 1.35 bits per heavy atom. The average Bonchev–Trinajstić information content (AvgIpc) is 3.15. The molecule has 2 aromatic rings. The van der Waals surface area contributed by atoms with E-state index in [1.807, 2.05) is 0 Å². The van der Waals surface area contributed by atoms with E-state index in [1.54, 1.807) is 0 Å². The molecule has 4 nitrogen and oxygen atoms in total. The van der Waals surface area contributed by atoms with Gasteiger partial charge in [0.2, 0.25) is 0 Å². The molecule has 0 fully saturated rings. The van der Waals surface area contributed by atoms with Crippen LogP contribution in [0.4, 0.5) is 5.69 Å². The third-order valence-corrected chi connectivity index (χ3v) is 17.1. The van der Waals surface area contributed by atoms with Gasteiger partial charge in [0.15, 0.2) is 0 Å². The van der Waals surface area contributed by atoms with E-state index in [0.717, 1.165) is 5.69 Å². The molecule has 0 saturated carbocycles. The second-order valence-electron chi connectivity index (χ2n) is 7.66. The van der Waals surface area contributed by atoms with Crippen molar-refractivity contribution >= 4 is 21.3 Å². The van der Waals surface area contributed by atoms with Crippen LogP contribution < -0.4 is 10.4 Å². The van der Waals surface area contributed by atoms with Crippen LogP contribution in [0.25, 0.3) is 12.2 Å². The van der Waals surface area contributed by atoms with Crippen molar-refractivity contribution in [2.45, 2.75) is 0 Å². The standard InChI is InChI=1S/C15H8N.3C2H6N.Zr/c1-2-4-12-11(3-1)9-14-13(12)6-5-10-7-8-16-15(10)14;3*1-3-2;/h1-7,9H;3*1-2H3;/q;3*-1;+3. The predicted octanol–water partition coefficient (Wildman–Crippen LogP) is 1.52. The molecule has 0 amide bonds. The van der Waals surface area contributed by atoms with Crippen molar-refractivity contribution in [3.63, 3.8) is 0 Å². The Balaban J connectivity index is 1.99. The summed E-state index contributed by atoms with van der Waals surface area (Å²) in [6.45, 7) is 0. The molecule has 26 heavy (non-hydrogen) atoms. The third-order valence-electron chi connectivity index (χ3n) is 5.54. The summed E-state index contributed by atoms with van der Waals surface area (Å²) in [5.41, 5.74) is 2.41. The van der Waals surface area contributed by atoms with E-state index in [2.05, 4.69) is 99.4 Å². The van der Waals surface area contributed by atoms with E-state index in [0.29, 0.717) is 0 Å². The molecular formula is C21H26N4Zr. The average molecular weight is 426 g/mol. The second kappa shape index (κ2) is 6.35. The normalized spacial score (nSPS) is 14.9. The number of nitrogens with zero attached hydrogens (tertiary/aromatic N) is 4. The number of aliphatic imine (C=N–C) groups is 1. The van der Waals surface area contributed by atoms with Gasteiger partial charge in [0.05, 0.1) is 0 Å². The summed E-state index contributed by atoms with van der Waals surface area (Å²) >= 11 is -3.16. The molecule has 0 aromatic heterocycles. The van der Waals surface area contributed by atoms with Crippen molar-refractivity contribution < 1.29 is 21.1 Å². The molecule has 1 aliphatic heterocycles. The van der Waals surface area contributed by atoms with Crippen LogP contribution in [0.3, 0.4) is 0 Å². The SMILES string of the molecule is C[N](C)[Zr]([C]1=Nc2c3c(ccc2=C1)=c1ccccc1=C3)([N](C)C)[N](C)C. The fraction of sp³-hybridized carbons (Fsp3) is 0.286.